The van der Waals surface area contributed by atoms with Crippen molar-refractivity contribution in [2.45, 2.75) is 13.1 Å². The SMILES string of the molecule is Cc1ccc(O)c(C(=O)/C=C2\NCCN=C2C(F)(F)F)c1. The quantitative estimate of drug-likeness (QED) is 0.651. The van der Waals surface area contributed by atoms with Crippen LogP contribution in [0.1, 0.15) is 15.9 Å². The van der Waals surface area contributed by atoms with E-state index in [0.29, 0.717) is 0 Å². The van der Waals surface area contributed by atoms with Crippen molar-refractivity contribution in [3.8, 4) is 5.75 Å². The number of alkyl halides is 3. The molecule has 4 nitrogen and oxygen atoms in total. The number of aryl methyl sites for hydroxylation is 1. The van der Waals surface area contributed by atoms with Crippen molar-refractivity contribution in [1.29, 1.82) is 0 Å². The zero-order valence-electron chi connectivity index (χ0n) is 11.2. The molecule has 2 rings (SSSR count). The van der Waals surface area contributed by atoms with Gasteiger partial charge in [-0.25, -0.2) is 0 Å². The molecular formula is C14H13F3N2O2. The highest BCUT2D eigenvalue weighted by molar-refractivity contribution is 6.13. The number of aromatic hydroxyl groups is 1. The Bertz CT molecular complexity index is 634. The number of carbonyl (C=O) groups is 1. The minimum atomic E-state index is -4.63. The van der Waals surface area contributed by atoms with Crippen molar-refractivity contribution >= 4 is 11.5 Å². The third-order valence-electron chi connectivity index (χ3n) is 2.91. The van der Waals surface area contributed by atoms with Crippen LogP contribution in [-0.2, 0) is 0 Å². The molecule has 21 heavy (non-hydrogen) atoms. The Labute approximate surface area is 119 Å². The molecule has 0 atom stereocenters. The fraction of sp³-hybridized carbons (Fsp3) is 0.286. The van der Waals surface area contributed by atoms with E-state index in [1.165, 1.54) is 12.1 Å². The second-order valence-corrected chi connectivity index (χ2v) is 4.60. The zero-order chi connectivity index (χ0) is 15.6. The van der Waals surface area contributed by atoms with E-state index in [4.69, 9.17) is 0 Å². The topological polar surface area (TPSA) is 61.7 Å². The summed E-state index contributed by atoms with van der Waals surface area (Å²) in [5.74, 6) is -0.985. The lowest BCUT2D eigenvalue weighted by Crippen LogP contribution is -2.37. The molecule has 0 saturated carbocycles. The number of hydrogen-bond acceptors (Lipinski definition) is 4. The molecule has 0 radical (unpaired) electrons. The van der Waals surface area contributed by atoms with Crippen molar-refractivity contribution < 1.29 is 23.1 Å². The molecular weight excluding hydrogens is 285 g/mol. The first-order valence-electron chi connectivity index (χ1n) is 6.20. The van der Waals surface area contributed by atoms with Crippen molar-refractivity contribution in [2.24, 2.45) is 4.99 Å². The number of phenols is 1. The number of halogens is 3. The van der Waals surface area contributed by atoms with Crippen LogP contribution in [0.25, 0.3) is 0 Å². The molecule has 0 bridgehead atoms. The van der Waals surface area contributed by atoms with Crippen LogP contribution in [0.15, 0.2) is 35.0 Å². The largest absolute Gasteiger partial charge is 0.507 e. The zero-order valence-corrected chi connectivity index (χ0v) is 11.2. The van der Waals surface area contributed by atoms with Crippen molar-refractivity contribution in [1.82, 2.24) is 5.32 Å². The summed E-state index contributed by atoms with van der Waals surface area (Å²) in [4.78, 5) is 15.5. The van der Waals surface area contributed by atoms with Gasteiger partial charge in [0.15, 0.2) is 11.5 Å². The summed E-state index contributed by atoms with van der Waals surface area (Å²) in [6.07, 6.45) is -3.81. The molecule has 0 unspecified atom stereocenters. The van der Waals surface area contributed by atoms with Gasteiger partial charge in [-0.2, -0.15) is 13.2 Å². The number of hydrogen-bond donors (Lipinski definition) is 2. The number of phenolic OH excluding ortho intramolecular Hbond substituents is 1. The van der Waals surface area contributed by atoms with Gasteiger partial charge < -0.3 is 10.4 Å². The normalized spacial score (nSPS) is 17.3. The summed E-state index contributed by atoms with van der Waals surface area (Å²) in [6.45, 7) is 1.93. The molecule has 2 N–H and O–H groups in total. The van der Waals surface area contributed by atoms with Gasteiger partial charge in [0.1, 0.15) is 5.75 Å². The van der Waals surface area contributed by atoms with Gasteiger partial charge in [0.25, 0.3) is 0 Å². The number of nitrogens with zero attached hydrogens (tertiary/aromatic N) is 1. The molecule has 7 heteroatoms. The molecule has 1 aliphatic rings. The van der Waals surface area contributed by atoms with Crippen LogP contribution in [0.2, 0.25) is 0 Å². The molecule has 1 aromatic rings. The summed E-state index contributed by atoms with van der Waals surface area (Å²) < 4.78 is 38.4. The van der Waals surface area contributed by atoms with Crippen LogP contribution in [-0.4, -0.2) is 35.9 Å². The molecule has 0 saturated heterocycles. The van der Waals surface area contributed by atoms with Crippen LogP contribution in [0.3, 0.4) is 0 Å². The van der Waals surface area contributed by atoms with Crippen molar-refractivity contribution in [3.05, 3.63) is 41.1 Å². The molecule has 1 aliphatic heterocycles. The van der Waals surface area contributed by atoms with Gasteiger partial charge >= 0.3 is 6.18 Å². The fourth-order valence-electron chi connectivity index (χ4n) is 1.94. The van der Waals surface area contributed by atoms with E-state index in [9.17, 15) is 23.1 Å². The fourth-order valence-corrected chi connectivity index (χ4v) is 1.94. The van der Waals surface area contributed by atoms with Crippen molar-refractivity contribution in [2.75, 3.05) is 13.1 Å². The smallest absolute Gasteiger partial charge is 0.434 e. The summed E-state index contributed by atoms with van der Waals surface area (Å²) in [5.41, 5.74) is -0.804. The highest BCUT2D eigenvalue weighted by atomic mass is 19.4. The Kier molecular flexibility index (Phi) is 4.02. The summed E-state index contributed by atoms with van der Waals surface area (Å²) >= 11 is 0. The lowest BCUT2D eigenvalue weighted by atomic mass is 10.0. The Hall–Kier alpha value is -2.31. The first kappa shape index (κ1) is 15.1. The maximum Gasteiger partial charge on any atom is 0.434 e. The third kappa shape index (κ3) is 3.42. The first-order chi connectivity index (χ1) is 9.79. The van der Waals surface area contributed by atoms with E-state index in [1.807, 2.05) is 0 Å². The molecule has 0 fully saturated rings. The van der Waals surface area contributed by atoms with E-state index >= 15 is 0 Å². The van der Waals surface area contributed by atoms with Crippen LogP contribution < -0.4 is 5.32 Å². The minimum Gasteiger partial charge on any atom is -0.507 e. The molecule has 1 heterocycles. The van der Waals surface area contributed by atoms with Gasteiger partial charge in [-0.15, -0.1) is 0 Å². The Morgan fingerprint density at radius 1 is 1.43 bits per heavy atom. The van der Waals surface area contributed by atoms with Gasteiger partial charge in [0, 0.05) is 12.6 Å². The Morgan fingerprint density at radius 3 is 2.81 bits per heavy atom. The molecule has 112 valence electrons. The standard InChI is InChI=1S/C14H13F3N2O2/c1-8-2-3-11(20)9(6-8)12(21)7-10-13(14(15,16)17)19-5-4-18-10/h2-3,6-7,18,20H,4-5H2,1H3/b10-7-. The number of allylic oxidation sites excluding steroid dienone is 2. The van der Waals surface area contributed by atoms with Crippen LogP contribution in [0.4, 0.5) is 13.2 Å². The minimum absolute atomic E-state index is 0.00390. The Morgan fingerprint density at radius 2 is 2.14 bits per heavy atom. The molecule has 0 amide bonds. The van der Waals surface area contributed by atoms with Crippen LogP contribution >= 0.6 is 0 Å². The highest BCUT2D eigenvalue weighted by Gasteiger charge is 2.39. The maximum absolute atomic E-state index is 12.8. The summed E-state index contributed by atoms with van der Waals surface area (Å²) in [6, 6.07) is 4.34. The maximum atomic E-state index is 12.8. The second-order valence-electron chi connectivity index (χ2n) is 4.60. The first-order valence-corrected chi connectivity index (χ1v) is 6.20. The average molecular weight is 298 g/mol. The van der Waals surface area contributed by atoms with E-state index in [-0.39, 0.29) is 30.1 Å². The van der Waals surface area contributed by atoms with E-state index in [0.717, 1.165) is 11.6 Å². The predicted octanol–water partition coefficient (Wildman–Crippen LogP) is 2.37. The van der Waals surface area contributed by atoms with Gasteiger partial charge in [-0.05, 0) is 19.1 Å². The molecule has 1 aromatic carbocycles. The monoisotopic (exact) mass is 298 g/mol. The van der Waals surface area contributed by atoms with E-state index in [1.54, 1.807) is 13.0 Å². The van der Waals surface area contributed by atoms with Gasteiger partial charge in [-0.3, -0.25) is 9.79 Å². The molecule has 0 spiro atoms. The van der Waals surface area contributed by atoms with Crippen LogP contribution in [0, 0.1) is 6.92 Å². The van der Waals surface area contributed by atoms with Gasteiger partial charge in [-0.1, -0.05) is 11.6 Å². The number of aliphatic imine (C=N–C) groups is 1. The third-order valence-corrected chi connectivity index (χ3v) is 2.91. The number of nitrogens with one attached hydrogen (secondary N) is 1. The number of rotatable bonds is 2. The number of ketones is 1. The van der Waals surface area contributed by atoms with Crippen molar-refractivity contribution in [3.63, 3.8) is 0 Å². The molecule has 0 aromatic heterocycles. The number of benzene rings is 1. The van der Waals surface area contributed by atoms with E-state index in [2.05, 4.69) is 10.3 Å². The second kappa shape index (κ2) is 5.59. The highest BCUT2D eigenvalue weighted by Crippen LogP contribution is 2.24. The van der Waals surface area contributed by atoms with Gasteiger partial charge in [0.05, 0.1) is 17.8 Å². The van der Waals surface area contributed by atoms with Crippen LogP contribution in [0.5, 0.6) is 5.75 Å². The Balaban J connectivity index is 2.38. The summed E-state index contributed by atoms with van der Waals surface area (Å²) in [7, 11) is 0. The average Bonchev–Trinajstić information content (AvgIpc) is 2.41. The van der Waals surface area contributed by atoms with Gasteiger partial charge in [0.2, 0.25) is 0 Å². The lowest BCUT2D eigenvalue weighted by Gasteiger charge is -2.19. The molecule has 0 aliphatic carbocycles. The number of carbonyl (C=O) groups excluding carboxylic acids is 1. The summed E-state index contributed by atoms with van der Waals surface area (Å²) in [5, 5.41) is 12.2. The predicted molar refractivity (Wildman–Crippen MR) is 71.6 cm³/mol. The van der Waals surface area contributed by atoms with E-state index < -0.39 is 17.7 Å². The lowest BCUT2D eigenvalue weighted by molar-refractivity contribution is -0.0589.